The Balaban J connectivity index is 1.45. The number of fused-ring (bicyclic) bond motifs is 1. The molecule has 2 fully saturated rings. The summed E-state index contributed by atoms with van der Waals surface area (Å²) in [7, 11) is 0. The number of hydrogen-bond donors (Lipinski definition) is 3. The lowest BCUT2D eigenvalue weighted by Gasteiger charge is -2.21. The summed E-state index contributed by atoms with van der Waals surface area (Å²) >= 11 is 0. The molecule has 1 aliphatic heterocycles. The van der Waals surface area contributed by atoms with E-state index in [-0.39, 0.29) is 0 Å². The van der Waals surface area contributed by atoms with Crippen LogP contribution in [0.1, 0.15) is 62.6 Å². The molecular formula is C22H34N4O. The molecule has 3 aliphatic rings. The van der Waals surface area contributed by atoms with Crippen molar-refractivity contribution in [1.82, 2.24) is 15.5 Å². The van der Waals surface area contributed by atoms with Gasteiger partial charge in [0.05, 0.1) is 6.54 Å². The number of likely N-dealkylation sites (tertiary alicyclic amines) is 1. The highest BCUT2D eigenvalue weighted by atomic mass is 16.3. The van der Waals surface area contributed by atoms with E-state index >= 15 is 0 Å². The molecule has 0 spiro atoms. The fourth-order valence-electron chi connectivity index (χ4n) is 4.82. The van der Waals surface area contributed by atoms with Gasteiger partial charge in [0.15, 0.2) is 5.96 Å². The summed E-state index contributed by atoms with van der Waals surface area (Å²) < 4.78 is 0. The summed E-state index contributed by atoms with van der Waals surface area (Å²) in [5.41, 5.74) is 3.74. The molecule has 0 aromatic heterocycles. The molecule has 1 saturated carbocycles. The normalized spacial score (nSPS) is 26.1. The van der Waals surface area contributed by atoms with Gasteiger partial charge in [0.1, 0.15) is 5.75 Å². The largest absolute Gasteiger partial charge is 0.508 e. The second kappa shape index (κ2) is 8.09. The summed E-state index contributed by atoms with van der Waals surface area (Å²) in [6, 6.07) is 5.87. The number of phenolic OH excluding ortho intramolecular Hbond substituents is 1. The predicted octanol–water partition coefficient (Wildman–Crippen LogP) is 2.95. The van der Waals surface area contributed by atoms with Crippen LogP contribution in [0.5, 0.6) is 5.75 Å². The Labute approximate surface area is 163 Å². The average Bonchev–Trinajstić information content (AvgIpc) is 3.44. The Hall–Kier alpha value is -1.75. The summed E-state index contributed by atoms with van der Waals surface area (Å²) in [5, 5.41) is 17.5. The molecule has 2 unspecified atom stereocenters. The fraction of sp³-hybridized carbons (Fsp3) is 0.682. The molecule has 1 saturated heterocycles. The van der Waals surface area contributed by atoms with E-state index in [1.807, 2.05) is 6.07 Å². The average molecular weight is 371 g/mol. The van der Waals surface area contributed by atoms with Gasteiger partial charge in [-0.1, -0.05) is 6.07 Å². The third-order valence-corrected chi connectivity index (χ3v) is 6.35. The van der Waals surface area contributed by atoms with E-state index < -0.39 is 0 Å². The number of benzene rings is 1. The predicted molar refractivity (Wildman–Crippen MR) is 110 cm³/mol. The van der Waals surface area contributed by atoms with Crippen LogP contribution in [0.3, 0.4) is 0 Å². The first-order valence-corrected chi connectivity index (χ1v) is 10.8. The summed E-state index contributed by atoms with van der Waals surface area (Å²) in [5.74, 6) is 1.27. The van der Waals surface area contributed by atoms with Crippen LogP contribution in [0, 0.1) is 0 Å². The third-order valence-electron chi connectivity index (χ3n) is 6.35. The highest BCUT2D eigenvalue weighted by Crippen LogP contribution is 2.33. The van der Waals surface area contributed by atoms with Crippen molar-refractivity contribution in [2.24, 2.45) is 4.99 Å². The molecule has 0 radical (unpaired) electrons. The van der Waals surface area contributed by atoms with E-state index in [1.54, 1.807) is 0 Å². The maximum Gasteiger partial charge on any atom is 0.191 e. The number of guanidine groups is 1. The van der Waals surface area contributed by atoms with Crippen LogP contribution >= 0.6 is 0 Å². The zero-order chi connectivity index (χ0) is 18.8. The van der Waals surface area contributed by atoms with Crippen molar-refractivity contribution in [3.8, 4) is 5.75 Å². The van der Waals surface area contributed by atoms with Crippen molar-refractivity contribution < 1.29 is 5.11 Å². The molecule has 2 aliphatic carbocycles. The minimum absolute atomic E-state index is 0.393. The van der Waals surface area contributed by atoms with E-state index in [0.717, 1.165) is 43.5 Å². The maximum atomic E-state index is 10.4. The number of aryl methyl sites for hydroxylation is 1. The van der Waals surface area contributed by atoms with Crippen molar-refractivity contribution in [3.05, 3.63) is 28.8 Å². The van der Waals surface area contributed by atoms with Gasteiger partial charge >= 0.3 is 0 Å². The number of phenols is 1. The van der Waals surface area contributed by atoms with Gasteiger partial charge in [0.2, 0.25) is 0 Å². The second-order valence-electron chi connectivity index (χ2n) is 8.46. The summed E-state index contributed by atoms with van der Waals surface area (Å²) in [4.78, 5) is 7.50. The molecule has 4 rings (SSSR count). The zero-order valence-electron chi connectivity index (χ0n) is 16.8. The number of rotatable bonds is 5. The molecule has 2 atom stereocenters. The van der Waals surface area contributed by atoms with E-state index in [4.69, 9.17) is 4.99 Å². The molecule has 1 aromatic rings. The van der Waals surface area contributed by atoms with Crippen LogP contribution in [0.15, 0.2) is 17.1 Å². The Morgan fingerprint density at radius 1 is 1.26 bits per heavy atom. The zero-order valence-corrected chi connectivity index (χ0v) is 16.8. The summed E-state index contributed by atoms with van der Waals surface area (Å²) in [6.07, 6.45) is 8.56. The van der Waals surface area contributed by atoms with Gasteiger partial charge in [-0.15, -0.1) is 0 Å². The van der Waals surface area contributed by atoms with Gasteiger partial charge in [-0.25, -0.2) is 4.99 Å². The van der Waals surface area contributed by atoms with Crippen molar-refractivity contribution in [2.75, 3.05) is 13.1 Å². The topological polar surface area (TPSA) is 59.9 Å². The fourth-order valence-corrected chi connectivity index (χ4v) is 4.82. The first-order chi connectivity index (χ1) is 13.2. The van der Waals surface area contributed by atoms with Gasteiger partial charge in [0.25, 0.3) is 0 Å². The number of nitrogens with zero attached hydrogens (tertiary/aromatic N) is 2. The Bertz CT molecular complexity index is 698. The van der Waals surface area contributed by atoms with Crippen LogP contribution in [0.4, 0.5) is 0 Å². The van der Waals surface area contributed by atoms with Gasteiger partial charge in [-0.3, -0.25) is 4.90 Å². The van der Waals surface area contributed by atoms with Crippen LogP contribution in [-0.2, 0) is 19.4 Å². The Morgan fingerprint density at radius 2 is 2.07 bits per heavy atom. The third kappa shape index (κ3) is 4.23. The smallest absolute Gasteiger partial charge is 0.191 e. The lowest BCUT2D eigenvalue weighted by molar-refractivity contribution is 0.256. The molecule has 1 aromatic carbocycles. The first kappa shape index (κ1) is 18.6. The monoisotopic (exact) mass is 370 g/mol. The van der Waals surface area contributed by atoms with Crippen LogP contribution in [0.25, 0.3) is 0 Å². The van der Waals surface area contributed by atoms with Crippen molar-refractivity contribution in [1.29, 1.82) is 0 Å². The van der Waals surface area contributed by atoms with Crippen LogP contribution in [-0.4, -0.2) is 47.2 Å². The van der Waals surface area contributed by atoms with E-state index in [2.05, 4.69) is 35.4 Å². The molecule has 3 N–H and O–H groups in total. The van der Waals surface area contributed by atoms with Gasteiger partial charge < -0.3 is 15.7 Å². The Morgan fingerprint density at radius 3 is 2.85 bits per heavy atom. The molecule has 5 nitrogen and oxygen atoms in total. The van der Waals surface area contributed by atoms with Crippen molar-refractivity contribution in [3.63, 3.8) is 0 Å². The maximum absolute atomic E-state index is 10.4. The van der Waals surface area contributed by atoms with E-state index in [9.17, 15) is 5.11 Å². The standard InChI is InChI=1S/C22H34N4O/c1-3-23-22(25-17-12-15(2)26(14-17)18-9-10-18)24-13-20-19-7-5-4-6-16(19)8-11-21(20)27/h8,11,15,17-18,27H,3-7,9-10,12-14H2,1-2H3,(H2,23,24,25). The van der Waals surface area contributed by atoms with Crippen molar-refractivity contribution in [2.45, 2.75) is 83.5 Å². The minimum Gasteiger partial charge on any atom is -0.508 e. The highest BCUT2D eigenvalue weighted by molar-refractivity contribution is 5.80. The molecule has 5 heteroatoms. The van der Waals surface area contributed by atoms with Crippen molar-refractivity contribution >= 4 is 5.96 Å². The SMILES string of the molecule is CCNC(=NCc1c(O)ccc2c1CCCC2)NC1CC(C)N(C2CC2)C1. The summed E-state index contributed by atoms with van der Waals surface area (Å²) in [6.45, 7) is 6.95. The minimum atomic E-state index is 0.393. The van der Waals surface area contributed by atoms with E-state index in [1.165, 1.54) is 43.2 Å². The van der Waals surface area contributed by atoms with Gasteiger partial charge in [-0.2, -0.15) is 0 Å². The second-order valence-corrected chi connectivity index (χ2v) is 8.46. The van der Waals surface area contributed by atoms with Crippen LogP contribution in [0.2, 0.25) is 0 Å². The quantitative estimate of drug-likeness (QED) is 0.551. The molecule has 0 bridgehead atoms. The number of aromatic hydroxyl groups is 1. The lowest BCUT2D eigenvalue weighted by atomic mass is 9.88. The Kier molecular flexibility index (Phi) is 5.58. The molecule has 0 amide bonds. The number of nitrogens with one attached hydrogen (secondary N) is 2. The number of hydrogen-bond acceptors (Lipinski definition) is 3. The molecular weight excluding hydrogens is 336 g/mol. The molecule has 1 heterocycles. The van der Waals surface area contributed by atoms with Gasteiger partial charge in [-0.05, 0) is 76.0 Å². The lowest BCUT2D eigenvalue weighted by Crippen LogP contribution is -2.44. The highest BCUT2D eigenvalue weighted by Gasteiger charge is 2.38. The van der Waals surface area contributed by atoms with E-state index in [0.29, 0.717) is 24.4 Å². The molecule has 148 valence electrons. The van der Waals surface area contributed by atoms with Crippen LogP contribution < -0.4 is 10.6 Å². The number of aliphatic imine (C=N–C) groups is 1. The van der Waals surface area contributed by atoms with Gasteiger partial charge in [0, 0.05) is 36.8 Å². The first-order valence-electron chi connectivity index (χ1n) is 10.8. The molecule has 27 heavy (non-hydrogen) atoms.